The van der Waals surface area contributed by atoms with E-state index in [-0.39, 0.29) is 17.4 Å². The van der Waals surface area contributed by atoms with E-state index >= 15 is 0 Å². The third kappa shape index (κ3) is 2.51. The van der Waals surface area contributed by atoms with E-state index in [0.717, 1.165) is 49.4 Å². The number of aliphatic hydroxyl groups excluding tert-OH is 1. The third-order valence-corrected chi connectivity index (χ3v) is 6.18. The lowest BCUT2D eigenvalue weighted by atomic mass is 9.76. The molecule has 0 aromatic heterocycles. The Balaban J connectivity index is 1.68. The summed E-state index contributed by atoms with van der Waals surface area (Å²) < 4.78 is 0. The van der Waals surface area contributed by atoms with Gasteiger partial charge in [0.25, 0.3) is 5.91 Å². The first-order valence-corrected chi connectivity index (χ1v) is 9.13. The van der Waals surface area contributed by atoms with Gasteiger partial charge >= 0.3 is 0 Å². The van der Waals surface area contributed by atoms with Gasteiger partial charge in [0.1, 0.15) is 0 Å². The molecule has 1 saturated carbocycles. The maximum atomic E-state index is 13.2. The number of amides is 1. The number of nitrogens with zero attached hydrogens (tertiary/aromatic N) is 1. The van der Waals surface area contributed by atoms with E-state index in [1.165, 1.54) is 0 Å². The molecule has 2 aromatic rings. The summed E-state index contributed by atoms with van der Waals surface area (Å²) in [4.78, 5) is 15.1. The highest BCUT2D eigenvalue weighted by atomic mass is 35.5. The fourth-order valence-electron chi connectivity index (χ4n) is 4.56. The zero-order valence-electron chi connectivity index (χ0n) is 13.7. The average molecular weight is 344 g/mol. The molecular formula is C20H22ClNO2. The Hall–Kier alpha value is -1.58. The molecule has 1 saturated heterocycles. The molecule has 24 heavy (non-hydrogen) atoms. The number of likely N-dealkylation sites (tertiary alicyclic amines) is 1. The smallest absolute Gasteiger partial charge is 0.254 e. The van der Waals surface area contributed by atoms with Gasteiger partial charge in [-0.2, -0.15) is 0 Å². The van der Waals surface area contributed by atoms with Gasteiger partial charge in [-0.15, -0.1) is 0 Å². The number of carbonyl (C=O) groups is 1. The van der Waals surface area contributed by atoms with Crippen LogP contribution in [-0.2, 0) is 0 Å². The Kier molecular flexibility index (Phi) is 4.01. The normalized spacial score (nSPS) is 27.1. The Labute approximate surface area is 147 Å². The lowest BCUT2D eigenvalue weighted by Crippen LogP contribution is -2.49. The van der Waals surface area contributed by atoms with Gasteiger partial charge in [0.05, 0.1) is 6.10 Å². The average Bonchev–Trinajstić information content (AvgIpc) is 2.94. The van der Waals surface area contributed by atoms with Crippen molar-refractivity contribution in [1.29, 1.82) is 0 Å². The van der Waals surface area contributed by atoms with Crippen molar-refractivity contribution in [2.75, 3.05) is 13.1 Å². The fourth-order valence-corrected chi connectivity index (χ4v) is 4.80. The van der Waals surface area contributed by atoms with Gasteiger partial charge in [-0.1, -0.05) is 42.3 Å². The number of aliphatic hydroxyl groups is 1. The minimum atomic E-state index is -0.268. The standard InChI is InChI=1S/C20H22ClNO2/c21-17-8-2-5-14-15(17)6-1-7-16(14)19(24)22-12-4-11-20(13-22)10-3-9-18(20)23/h1-2,5-8,18,23H,3-4,9-13H2/t18-,20+/m1/s1. The molecule has 1 N–H and O–H groups in total. The highest BCUT2D eigenvalue weighted by Crippen LogP contribution is 2.45. The molecule has 0 unspecified atom stereocenters. The molecule has 1 aliphatic heterocycles. The summed E-state index contributed by atoms with van der Waals surface area (Å²) in [6.45, 7) is 1.44. The Morgan fingerprint density at radius 2 is 1.88 bits per heavy atom. The third-order valence-electron chi connectivity index (χ3n) is 5.85. The molecule has 2 atom stereocenters. The molecule has 0 radical (unpaired) electrons. The second-order valence-electron chi connectivity index (χ2n) is 7.24. The van der Waals surface area contributed by atoms with Gasteiger partial charge in [-0.25, -0.2) is 0 Å². The summed E-state index contributed by atoms with van der Waals surface area (Å²) >= 11 is 6.28. The van der Waals surface area contributed by atoms with Crippen molar-refractivity contribution in [2.45, 2.75) is 38.2 Å². The molecule has 4 rings (SSSR count). The van der Waals surface area contributed by atoms with Gasteiger partial charge in [-0.3, -0.25) is 4.79 Å². The minimum Gasteiger partial charge on any atom is -0.392 e. The topological polar surface area (TPSA) is 40.5 Å². The van der Waals surface area contributed by atoms with Crippen LogP contribution in [0.15, 0.2) is 36.4 Å². The molecule has 4 heteroatoms. The van der Waals surface area contributed by atoms with Crippen LogP contribution in [0.1, 0.15) is 42.5 Å². The molecule has 0 bridgehead atoms. The highest BCUT2D eigenvalue weighted by molar-refractivity contribution is 6.36. The van der Waals surface area contributed by atoms with Crippen molar-refractivity contribution in [3.8, 4) is 0 Å². The number of piperidine rings is 1. The van der Waals surface area contributed by atoms with Gasteiger partial charge in [-0.05, 0) is 43.2 Å². The van der Waals surface area contributed by atoms with Crippen LogP contribution in [0.5, 0.6) is 0 Å². The van der Waals surface area contributed by atoms with Crippen LogP contribution in [0, 0.1) is 5.41 Å². The first-order valence-electron chi connectivity index (χ1n) is 8.75. The predicted octanol–water partition coefficient (Wildman–Crippen LogP) is 4.26. The SMILES string of the molecule is O=C(c1cccc2c(Cl)cccc12)N1CCC[C@@]2(CCC[C@H]2O)C1. The van der Waals surface area contributed by atoms with Crippen LogP contribution in [0.2, 0.25) is 5.02 Å². The summed E-state index contributed by atoms with van der Waals surface area (Å²) in [5.74, 6) is 0.0565. The van der Waals surface area contributed by atoms with Crippen LogP contribution in [0.25, 0.3) is 10.8 Å². The highest BCUT2D eigenvalue weighted by Gasteiger charge is 2.45. The van der Waals surface area contributed by atoms with Crippen molar-refractivity contribution in [3.63, 3.8) is 0 Å². The summed E-state index contributed by atoms with van der Waals surface area (Å²) in [6.07, 6.45) is 4.68. The molecule has 1 heterocycles. The predicted molar refractivity (Wildman–Crippen MR) is 96.4 cm³/mol. The molecule has 1 spiro atoms. The zero-order chi connectivity index (χ0) is 16.7. The monoisotopic (exact) mass is 343 g/mol. The largest absolute Gasteiger partial charge is 0.392 e. The second-order valence-corrected chi connectivity index (χ2v) is 7.65. The summed E-state index contributed by atoms with van der Waals surface area (Å²) in [5, 5.41) is 12.9. The van der Waals surface area contributed by atoms with Crippen molar-refractivity contribution < 1.29 is 9.90 Å². The summed E-state index contributed by atoms with van der Waals surface area (Å²) in [6, 6.07) is 11.4. The molecule has 126 valence electrons. The molecule has 2 aromatic carbocycles. The number of halogens is 1. The van der Waals surface area contributed by atoms with E-state index in [1.54, 1.807) is 0 Å². The van der Waals surface area contributed by atoms with E-state index in [1.807, 2.05) is 41.3 Å². The quantitative estimate of drug-likeness (QED) is 0.840. The van der Waals surface area contributed by atoms with E-state index in [9.17, 15) is 9.90 Å². The fraction of sp³-hybridized carbons (Fsp3) is 0.450. The maximum absolute atomic E-state index is 13.2. The number of carbonyl (C=O) groups excluding carboxylic acids is 1. The molecule has 2 fully saturated rings. The molecule has 3 nitrogen and oxygen atoms in total. The molecule has 1 amide bonds. The second kappa shape index (κ2) is 6.05. The maximum Gasteiger partial charge on any atom is 0.254 e. The number of benzene rings is 2. The lowest BCUT2D eigenvalue weighted by molar-refractivity contribution is -0.00529. The number of fused-ring (bicyclic) bond motifs is 1. The van der Waals surface area contributed by atoms with E-state index in [2.05, 4.69) is 0 Å². The van der Waals surface area contributed by atoms with Crippen LogP contribution < -0.4 is 0 Å². The molecular weight excluding hydrogens is 322 g/mol. The van der Waals surface area contributed by atoms with E-state index in [4.69, 9.17) is 11.6 Å². The molecule has 2 aliphatic rings. The van der Waals surface area contributed by atoms with Crippen molar-refractivity contribution in [1.82, 2.24) is 4.90 Å². The van der Waals surface area contributed by atoms with Crippen molar-refractivity contribution in [2.24, 2.45) is 5.41 Å². The van der Waals surface area contributed by atoms with Gasteiger partial charge in [0.2, 0.25) is 0 Å². The van der Waals surface area contributed by atoms with Gasteiger partial charge in [0, 0.05) is 34.5 Å². The zero-order valence-corrected chi connectivity index (χ0v) is 14.4. The van der Waals surface area contributed by atoms with Crippen LogP contribution in [0.3, 0.4) is 0 Å². The first kappa shape index (κ1) is 15.9. The molecule has 1 aliphatic carbocycles. The van der Waals surface area contributed by atoms with Crippen LogP contribution >= 0.6 is 11.6 Å². The summed E-state index contributed by atoms with van der Waals surface area (Å²) in [5.41, 5.74) is 0.621. The Bertz CT molecular complexity index is 790. The van der Waals surface area contributed by atoms with Crippen molar-refractivity contribution in [3.05, 3.63) is 47.0 Å². The summed E-state index contributed by atoms with van der Waals surface area (Å²) in [7, 11) is 0. The van der Waals surface area contributed by atoms with Crippen LogP contribution in [0.4, 0.5) is 0 Å². The van der Waals surface area contributed by atoms with Gasteiger partial charge in [0.15, 0.2) is 0 Å². The number of rotatable bonds is 1. The Morgan fingerprint density at radius 3 is 2.67 bits per heavy atom. The van der Waals surface area contributed by atoms with E-state index < -0.39 is 0 Å². The van der Waals surface area contributed by atoms with E-state index in [0.29, 0.717) is 17.1 Å². The first-order chi connectivity index (χ1) is 11.6. The number of hydrogen-bond donors (Lipinski definition) is 1. The van der Waals surface area contributed by atoms with Gasteiger partial charge < -0.3 is 10.0 Å². The Morgan fingerprint density at radius 1 is 1.12 bits per heavy atom. The lowest BCUT2D eigenvalue weighted by Gasteiger charge is -2.42. The van der Waals surface area contributed by atoms with Crippen molar-refractivity contribution >= 4 is 28.3 Å². The minimum absolute atomic E-state index is 0.0565. The number of hydrogen-bond acceptors (Lipinski definition) is 2. The van der Waals surface area contributed by atoms with Crippen LogP contribution in [-0.4, -0.2) is 35.1 Å².